The molecule has 1 unspecified atom stereocenters. The summed E-state index contributed by atoms with van der Waals surface area (Å²) in [5.41, 5.74) is 0.000238. The molecule has 11 nitrogen and oxygen atoms in total. The summed E-state index contributed by atoms with van der Waals surface area (Å²) < 4.78 is 60.5. The van der Waals surface area contributed by atoms with E-state index in [9.17, 15) is 41.5 Å². The van der Waals surface area contributed by atoms with Crippen LogP contribution in [-0.4, -0.2) is 47.0 Å². The van der Waals surface area contributed by atoms with E-state index >= 15 is 0 Å². The van der Waals surface area contributed by atoms with E-state index in [4.69, 9.17) is 4.74 Å². The van der Waals surface area contributed by atoms with Crippen molar-refractivity contribution in [2.24, 2.45) is 0 Å². The quantitative estimate of drug-likeness (QED) is 0.228. The normalized spacial score (nSPS) is 19.0. The molecule has 1 fully saturated rings. The lowest BCUT2D eigenvalue weighted by Gasteiger charge is -2.32. The van der Waals surface area contributed by atoms with Gasteiger partial charge in [-0.25, -0.2) is 14.0 Å². The maximum absolute atomic E-state index is 13.9. The van der Waals surface area contributed by atoms with E-state index in [1.807, 2.05) is 0 Å². The van der Waals surface area contributed by atoms with E-state index in [1.54, 1.807) is 18.2 Å². The first kappa shape index (κ1) is 32.9. The Morgan fingerprint density at radius 1 is 0.979 bits per heavy atom. The van der Waals surface area contributed by atoms with Crippen molar-refractivity contribution in [1.29, 1.82) is 0 Å². The van der Waals surface area contributed by atoms with Gasteiger partial charge in [-0.15, -0.1) is 0 Å². The molecule has 1 spiro atoms. The molecule has 3 aromatic carbocycles. The number of fused-ring (bicyclic) bond motifs is 2. The monoisotopic (exact) mass is 655 g/mol. The minimum absolute atomic E-state index is 0.213. The smallest absolute Gasteiger partial charge is 0.415 e. The first-order valence-corrected chi connectivity index (χ1v) is 14.4. The second-order valence-corrected chi connectivity index (χ2v) is 11.3. The number of alkyl halides is 3. The fraction of sp³-hybridized carbons (Fsp3) is 0.281. The predicted octanol–water partition coefficient (Wildman–Crippen LogP) is 5.75. The summed E-state index contributed by atoms with van der Waals surface area (Å²) in [7, 11) is 0. The molecule has 246 valence electrons. The fourth-order valence-electron chi connectivity index (χ4n) is 5.73. The molecule has 47 heavy (non-hydrogen) atoms. The Labute approximate surface area is 265 Å². The van der Waals surface area contributed by atoms with Crippen molar-refractivity contribution in [2.75, 3.05) is 16.0 Å². The zero-order valence-electron chi connectivity index (χ0n) is 25.0. The van der Waals surface area contributed by atoms with Crippen LogP contribution in [0.2, 0.25) is 0 Å². The Kier molecular flexibility index (Phi) is 8.91. The first-order chi connectivity index (χ1) is 22.1. The Morgan fingerprint density at radius 2 is 1.62 bits per heavy atom. The van der Waals surface area contributed by atoms with E-state index in [0.717, 1.165) is 19.1 Å². The number of nitrogens with one attached hydrogen (secondary N) is 4. The molecule has 15 heteroatoms. The lowest BCUT2D eigenvalue weighted by Crippen LogP contribution is -2.46. The zero-order chi connectivity index (χ0) is 34.1. The highest BCUT2D eigenvalue weighted by molar-refractivity contribution is 6.05. The summed E-state index contributed by atoms with van der Waals surface area (Å²) in [6.07, 6.45) is -6.54. The summed E-state index contributed by atoms with van der Waals surface area (Å²) in [6.45, 7) is 1.71. The molecule has 1 saturated heterocycles. The van der Waals surface area contributed by atoms with Crippen LogP contribution in [0.15, 0.2) is 66.7 Å². The van der Waals surface area contributed by atoms with Crippen molar-refractivity contribution >= 4 is 46.9 Å². The van der Waals surface area contributed by atoms with Crippen LogP contribution in [0.1, 0.15) is 49.3 Å². The van der Waals surface area contributed by atoms with Crippen LogP contribution in [0.4, 0.5) is 44.2 Å². The number of benzene rings is 3. The second-order valence-electron chi connectivity index (χ2n) is 11.3. The number of alkyl carbamates (subject to hydrolysis) is 1. The van der Waals surface area contributed by atoms with Crippen LogP contribution in [0.3, 0.4) is 0 Å². The lowest BCUT2D eigenvalue weighted by molar-refractivity contribution is -0.187. The van der Waals surface area contributed by atoms with E-state index in [2.05, 4.69) is 21.3 Å². The maximum atomic E-state index is 13.9. The number of halogens is 4. The van der Waals surface area contributed by atoms with E-state index in [1.165, 1.54) is 43.3 Å². The molecule has 2 aliphatic rings. The molecule has 4 N–H and O–H groups in total. The number of hydrogen-bond acceptors (Lipinski definition) is 6. The average Bonchev–Trinajstić information content (AvgIpc) is 3.44. The Balaban J connectivity index is 1.41. The van der Waals surface area contributed by atoms with Crippen LogP contribution in [0, 0.1) is 5.82 Å². The number of anilines is 3. The number of urea groups is 1. The molecule has 0 aromatic heterocycles. The summed E-state index contributed by atoms with van der Waals surface area (Å²) in [5, 5.41) is 9.92. The predicted molar refractivity (Wildman–Crippen MR) is 161 cm³/mol. The minimum Gasteiger partial charge on any atom is -0.427 e. The van der Waals surface area contributed by atoms with E-state index < -0.39 is 66.5 Å². The third-order valence-electron chi connectivity index (χ3n) is 7.96. The van der Waals surface area contributed by atoms with Gasteiger partial charge in [-0.05, 0) is 66.4 Å². The summed E-state index contributed by atoms with van der Waals surface area (Å²) in [5.74, 6) is -3.49. The topological polar surface area (TPSA) is 146 Å². The Morgan fingerprint density at radius 3 is 2.21 bits per heavy atom. The van der Waals surface area contributed by atoms with Gasteiger partial charge in [-0.1, -0.05) is 24.3 Å². The molecule has 0 saturated carbocycles. The van der Waals surface area contributed by atoms with Crippen LogP contribution < -0.4 is 21.3 Å². The number of rotatable bonds is 8. The van der Waals surface area contributed by atoms with Gasteiger partial charge in [-0.3, -0.25) is 19.7 Å². The molecule has 1 aliphatic heterocycles. The zero-order valence-corrected chi connectivity index (χ0v) is 25.0. The second kappa shape index (κ2) is 12.7. The van der Waals surface area contributed by atoms with Crippen molar-refractivity contribution < 1.29 is 46.3 Å². The minimum atomic E-state index is -4.78. The summed E-state index contributed by atoms with van der Waals surface area (Å²) in [4.78, 5) is 63.5. The van der Waals surface area contributed by atoms with Gasteiger partial charge >= 0.3 is 18.3 Å². The van der Waals surface area contributed by atoms with Gasteiger partial charge in [0.25, 0.3) is 5.91 Å². The molecular weight excluding hydrogens is 626 g/mol. The number of carbonyl (C=O) groups is 5. The third-order valence-corrected chi connectivity index (χ3v) is 7.96. The van der Waals surface area contributed by atoms with Crippen molar-refractivity contribution in [3.05, 3.63) is 89.2 Å². The van der Waals surface area contributed by atoms with Crippen LogP contribution >= 0.6 is 0 Å². The van der Waals surface area contributed by atoms with E-state index in [-0.39, 0.29) is 29.1 Å². The highest BCUT2D eigenvalue weighted by atomic mass is 19.4. The number of amides is 6. The number of hydrogen-bond donors (Lipinski definition) is 4. The molecule has 0 radical (unpaired) electrons. The SMILES string of the molecule is CC(=O)Nc1cccc(NC(=O)Nc2ccc3c(c2)C(CC(=O)N(Cc2ccc(F)cc2)[C@@H](C)C(F)(F)F)C[C@@]32OC(=O)NC2=O)c1. The number of carbonyl (C=O) groups excluding carboxylic acids is 5. The molecule has 1 aliphatic carbocycles. The lowest BCUT2D eigenvalue weighted by atomic mass is 9.94. The van der Waals surface area contributed by atoms with Crippen molar-refractivity contribution in [3.8, 4) is 0 Å². The van der Waals surface area contributed by atoms with Crippen molar-refractivity contribution in [3.63, 3.8) is 0 Å². The Bertz CT molecular complexity index is 1750. The number of ether oxygens (including phenoxy) is 1. The molecule has 5 rings (SSSR count). The highest BCUT2D eigenvalue weighted by Crippen LogP contribution is 2.51. The van der Waals surface area contributed by atoms with Crippen molar-refractivity contribution in [1.82, 2.24) is 10.2 Å². The molecule has 1 heterocycles. The average molecular weight is 656 g/mol. The largest absolute Gasteiger partial charge is 0.427 e. The molecule has 3 aromatic rings. The van der Waals surface area contributed by atoms with Gasteiger partial charge in [0.1, 0.15) is 11.9 Å². The molecule has 0 bridgehead atoms. The molecular formula is C32H29F4N5O6. The highest BCUT2D eigenvalue weighted by Gasteiger charge is 2.57. The van der Waals surface area contributed by atoms with Crippen LogP contribution in [0.5, 0.6) is 0 Å². The van der Waals surface area contributed by atoms with Crippen LogP contribution in [0.25, 0.3) is 0 Å². The van der Waals surface area contributed by atoms with Gasteiger partial charge in [-0.2, -0.15) is 13.2 Å². The van der Waals surface area contributed by atoms with Gasteiger partial charge < -0.3 is 25.6 Å². The van der Waals surface area contributed by atoms with Crippen molar-refractivity contribution in [2.45, 2.75) is 57.0 Å². The van der Waals surface area contributed by atoms with Gasteiger partial charge in [0.05, 0.1) is 0 Å². The van der Waals surface area contributed by atoms with Crippen LogP contribution in [-0.2, 0) is 31.3 Å². The number of imide groups is 1. The van der Waals surface area contributed by atoms with Gasteiger partial charge in [0.15, 0.2) is 0 Å². The third kappa shape index (κ3) is 7.18. The standard InChI is InChI=1S/C32H29F4N5O6/c1-17(32(34,35)36)41(16-19-6-8-21(33)9-7-19)27(43)12-20-15-31(28(44)40-30(46)47-31)26-11-10-24(14-25(20)26)39-29(45)38-23-5-3-4-22(13-23)37-18(2)42/h3-11,13-14,17,20H,12,15-16H2,1-2H3,(H,37,42)(H2,38,39,45)(H,40,44,46)/t17-,20?,31+/m0/s1. The summed E-state index contributed by atoms with van der Waals surface area (Å²) >= 11 is 0. The first-order valence-electron chi connectivity index (χ1n) is 14.4. The molecule has 3 atom stereocenters. The fourth-order valence-corrected chi connectivity index (χ4v) is 5.73. The van der Waals surface area contributed by atoms with E-state index in [0.29, 0.717) is 21.8 Å². The summed E-state index contributed by atoms with van der Waals surface area (Å²) in [6, 6.07) is 12.5. The van der Waals surface area contributed by atoms with Gasteiger partial charge in [0.2, 0.25) is 17.4 Å². The Hall–Kier alpha value is -5.47. The van der Waals surface area contributed by atoms with Gasteiger partial charge in [0, 0.05) is 48.9 Å². The molecule has 6 amide bonds. The maximum Gasteiger partial charge on any atom is 0.415 e. The number of nitrogens with zero attached hydrogens (tertiary/aromatic N) is 1.